The lowest BCUT2D eigenvalue weighted by atomic mass is 10.1. The first kappa shape index (κ1) is 33.0. The van der Waals surface area contributed by atoms with Crippen LogP contribution in [0.5, 0.6) is 0 Å². The number of aromatic amines is 1. The van der Waals surface area contributed by atoms with Crippen LogP contribution in [0.2, 0.25) is 0 Å². The Morgan fingerprint density at radius 3 is 2.38 bits per heavy atom. The number of hydrogen-bond donors (Lipinski definition) is 4. The molecular formula is C34H43N7O4. The summed E-state index contributed by atoms with van der Waals surface area (Å²) in [4.78, 5) is 47.0. The predicted octanol–water partition coefficient (Wildman–Crippen LogP) is 4.38. The zero-order chi connectivity index (χ0) is 32.3. The van der Waals surface area contributed by atoms with Crippen molar-refractivity contribution in [3.8, 4) is 11.3 Å². The number of allylic oxidation sites excluding steroid dienone is 1. The Balaban J connectivity index is 1.51. The van der Waals surface area contributed by atoms with Crippen molar-refractivity contribution in [1.82, 2.24) is 35.7 Å². The Hall–Kier alpha value is -4.90. The summed E-state index contributed by atoms with van der Waals surface area (Å²) in [5.41, 5.74) is 5.71. The van der Waals surface area contributed by atoms with Crippen LogP contribution < -0.4 is 16.0 Å². The summed E-state index contributed by atoms with van der Waals surface area (Å²) in [7, 11) is 1.77. The number of nitrogens with one attached hydrogen (secondary N) is 4. The van der Waals surface area contributed by atoms with Crippen molar-refractivity contribution in [2.24, 2.45) is 0 Å². The van der Waals surface area contributed by atoms with Crippen LogP contribution in [0, 0.1) is 0 Å². The molecule has 0 fully saturated rings. The molecular weight excluding hydrogens is 570 g/mol. The van der Waals surface area contributed by atoms with Crippen LogP contribution in [0.1, 0.15) is 45.0 Å². The van der Waals surface area contributed by atoms with E-state index in [2.05, 4.69) is 39.4 Å². The molecule has 0 saturated heterocycles. The van der Waals surface area contributed by atoms with Gasteiger partial charge in [-0.3, -0.25) is 14.4 Å². The maximum Gasteiger partial charge on any atom is 0.242 e. The molecule has 0 aliphatic carbocycles. The summed E-state index contributed by atoms with van der Waals surface area (Å²) in [6.45, 7) is 12.3. The number of amides is 3. The van der Waals surface area contributed by atoms with Gasteiger partial charge in [0.2, 0.25) is 18.2 Å². The zero-order valence-corrected chi connectivity index (χ0v) is 26.5. The first-order valence-electron chi connectivity index (χ1n) is 15.3. The second-order valence-electron chi connectivity index (χ2n) is 10.9. The van der Waals surface area contributed by atoms with E-state index in [0.717, 1.165) is 63.1 Å². The van der Waals surface area contributed by atoms with E-state index < -0.39 is 0 Å². The Morgan fingerprint density at radius 1 is 1.00 bits per heavy atom. The maximum absolute atomic E-state index is 12.5. The van der Waals surface area contributed by atoms with Gasteiger partial charge in [0, 0.05) is 46.4 Å². The average Bonchev–Trinajstić information content (AvgIpc) is 3.65. The molecule has 0 radical (unpaired) electrons. The molecule has 45 heavy (non-hydrogen) atoms. The minimum absolute atomic E-state index is 0.0400. The van der Waals surface area contributed by atoms with Crippen molar-refractivity contribution in [3.05, 3.63) is 72.3 Å². The molecule has 11 nitrogen and oxygen atoms in total. The van der Waals surface area contributed by atoms with Gasteiger partial charge in [0.25, 0.3) is 0 Å². The second-order valence-corrected chi connectivity index (χ2v) is 10.9. The van der Waals surface area contributed by atoms with Crippen molar-refractivity contribution in [2.45, 2.75) is 40.2 Å². The highest BCUT2D eigenvalue weighted by Crippen LogP contribution is 2.33. The van der Waals surface area contributed by atoms with E-state index in [9.17, 15) is 14.4 Å². The largest absolute Gasteiger partial charge is 0.456 e. The highest BCUT2D eigenvalue weighted by atomic mass is 16.3. The Bertz CT molecular complexity index is 1690. The van der Waals surface area contributed by atoms with Crippen molar-refractivity contribution in [3.63, 3.8) is 0 Å². The number of imidazole rings is 1. The smallest absolute Gasteiger partial charge is 0.242 e. The van der Waals surface area contributed by atoms with Gasteiger partial charge >= 0.3 is 0 Å². The van der Waals surface area contributed by atoms with Crippen molar-refractivity contribution >= 4 is 45.9 Å². The third kappa shape index (κ3) is 8.18. The number of H-pyrrole nitrogens is 1. The van der Waals surface area contributed by atoms with Crippen LogP contribution in [0.15, 0.2) is 65.4 Å². The lowest BCUT2D eigenvalue weighted by Crippen LogP contribution is -2.40. The number of furan rings is 1. The number of rotatable bonds is 17. The molecule has 0 aliphatic rings. The normalized spacial score (nSPS) is 11.5. The molecule has 4 N–H and O–H groups in total. The molecule has 0 bridgehead atoms. The first-order valence-corrected chi connectivity index (χ1v) is 15.3. The van der Waals surface area contributed by atoms with Gasteiger partial charge in [-0.05, 0) is 51.1 Å². The molecule has 0 atom stereocenters. The number of fused-ring (bicyclic) bond motifs is 3. The van der Waals surface area contributed by atoms with E-state index in [1.807, 2.05) is 56.3 Å². The van der Waals surface area contributed by atoms with E-state index in [4.69, 9.17) is 4.42 Å². The highest BCUT2D eigenvalue weighted by Gasteiger charge is 2.17. The van der Waals surface area contributed by atoms with Crippen molar-refractivity contribution in [2.75, 3.05) is 39.8 Å². The molecule has 0 saturated carbocycles. The second kappa shape index (κ2) is 15.7. The summed E-state index contributed by atoms with van der Waals surface area (Å²) in [6.07, 6.45) is 5.92. The summed E-state index contributed by atoms with van der Waals surface area (Å²) < 4.78 is 6.32. The lowest BCUT2D eigenvalue weighted by molar-refractivity contribution is -0.131. The molecule has 0 spiro atoms. The molecule has 4 rings (SSSR count). The van der Waals surface area contributed by atoms with E-state index >= 15 is 0 Å². The molecule has 238 valence electrons. The van der Waals surface area contributed by atoms with E-state index in [0.29, 0.717) is 38.3 Å². The summed E-state index contributed by atoms with van der Waals surface area (Å²) in [5.74, 6) is 0.602. The topological polar surface area (TPSA) is 136 Å². The monoisotopic (exact) mass is 613 g/mol. The predicted molar refractivity (Wildman–Crippen MR) is 178 cm³/mol. The standard InChI is InChI=1S/C34H43N7O4/c1-6-13-40(34(44)19-36-22-42)20-23(4)38-28(8-3)24-9-11-26-27-12-10-25(16-31(27)45-30(26)15-24)29-17-37-32(39-29)21-41(14-7-2)33(43)18-35-5/h8-12,15-17,22,35,38H,4,6-7,13-14,18-21H2,1-3,5H3,(H,36,42)(H,37,39)/b28-8-. The molecule has 2 aromatic carbocycles. The van der Waals surface area contributed by atoms with Gasteiger partial charge in [0.05, 0.1) is 38.1 Å². The summed E-state index contributed by atoms with van der Waals surface area (Å²) in [5, 5.41) is 10.7. The third-order valence-electron chi connectivity index (χ3n) is 7.40. The third-order valence-corrected chi connectivity index (χ3v) is 7.40. The van der Waals surface area contributed by atoms with Crippen LogP contribution in [0.3, 0.4) is 0 Å². The fraction of sp³-hybridized carbons (Fsp3) is 0.353. The van der Waals surface area contributed by atoms with Crippen LogP contribution in [-0.4, -0.2) is 77.8 Å². The minimum Gasteiger partial charge on any atom is -0.456 e. The first-order chi connectivity index (χ1) is 21.8. The van der Waals surface area contributed by atoms with Gasteiger partial charge in [-0.1, -0.05) is 38.6 Å². The van der Waals surface area contributed by atoms with Crippen molar-refractivity contribution < 1.29 is 18.8 Å². The molecule has 0 aliphatic heterocycles. The zero-order valence-electron chi connectivity index (χ0n) is 26.5. The molecule has 4 aromatic rings. The number of aromatic nitrogens is 2. The summed E-state index contributed by atoms with van der Waals surface area (Å²) in [6, 6.07) is 12.1. The fourth-order valence-corrected chi connectivity index (χ4v) is 5.28. The lowest BCUT2D eigenvalue weighted by Gasteiger charge is -2.24. The van der Waals surface area contributed by atoms with Gasteiger partial charge in [-0.2, -0.15) is 0 Å². The van der Waals surface area contributed by atoms with Crippen LogP contribution in [0.25, 0.3) is 38.9 Å². The van der Waals surface area contributed by atoms with Gasteiger partial charge in [-0.25, -0.2) is 4.98 Å². The molecule has 3 amide bonds. The number of hydrogen-bond acceptors (Lipinski definition) is 7. The number of carbonyl (C=O) groups is 3. The van der Waals surface area contributed by atoms with Gasteiger partial charge in [0.1, 0.15) is 17.0 Å². The van der Waals surface area contributed by atoms with E-state index in [1.54, 1.807) is 23.0 Å². The van der Waals surface area contributed by atoms with Gasteiger partial charge in [0.15, 0.2) is 0 Å². The number of likely N-dealkylation sites (N-methyl/N-ethyl adjacent to an activating group) is 1. The number of benzene rings is 2. The van der Waals surface area contributed by atoms with E-state index in [-0.39, 0.29) is 24.9 Å². The molecule has 2 heterocycles. The van der Waals surface area contributed by atoms with Crippen LogP contribution in [0.4, 0.5) is 0 Å². The quantitative estimate of drug-likeness (QED) is 0.130. The fourth-order valence-electron chi connectivity index (χ4n) is 5.28. The van der Waals surface area contributed by atoms with Crippen LogP contribution in [-0.2, 0) is 20.9 Å². The SMILES string of the molecule is C=C(CN(CCC)C(=O)CNC=O)N/C(=C\C)c1ccc2c(c1)oc1cc(-c3cnc(CN(CCC)C(=O)CNC)[nH]3)ccc12. The Kier molecular flexibility index (Phi) is 11.5. The number of nitrogens with zero attached hydrogens (tertiary/aromatic N) is 3. The molecule has 0 unspecified atom stereocenters. The highest BCUT2D eigenvalue weighted by molar-refractivity contribution is 6.06. The Morgan fingerprint density at radius 2 is 1.69 bits per heavy atom. The molecule has 2 aromatic heterocycles. The molecule has 11 heteroatoms. The minimum atomic E-state index is -0.165. The summed E-state index contributed by atoms with van der Waals surface area (Å²) >= 11 is 0. The van der Waals surface area contributed by atoms with E-state index in [1.165, 1.54) is 0 Å². The van der Waals surface area contributed by atoms with Gasteiger partial charge < -0.3 is 35.2 Å². The van der Waals surface area contributed by atoms with Crippen LogP contribution >= 0.6 is 0 Å². The Labute approximate surface area is 263 Å². The van der Waals surface area contributed by atoms with Crippen molar-refractivity contribution in [1.29, 1.82) is 0 Å². The average molecular weight is 614 g/mol. The van der Waals surface area contributed by atoms with Gasteiger partial charge in [-0.15, -0.1) is 0 Å². The number of carbonyl (C=O) groups excluding carboxylic acids is 3. The maximum atomic E-state index is 12.5.